The summed E-state index contributed by atoms with van der Waals surface area (Å²) in [6, 6.07) is 12.6. The van der Waals surface area contributed by atoms with Crippen molar-refractivity contribution in [3.63, 3.8) is 0 Å². The van der Waals surface area contributed by atoms with E-state index in [0.717, 1.165) is 31.1 Å². The molecule has 8 heteroatoms. The van der Waals surface area contributed by atoms with Crippen molar-refractivity contribution >= 4 is 62.4 Å². The smallest absolute Gasteiger partial charge is 0.258 e. The Bertz CT molecular complexity index is 836. The first-order valence-electron chi connectivity index (χ1n) is 6.68. The highest BCUT2D eigenvalue weighted by Gasteiger charge is 2.10. The number of nitrogens with zero attached hydrogens (tertiary/aromatic N) is 2. The van der Waals surface area contributed by atoms with Crippen LogP contribution >= 0.6 is 46.5 Å². The van der Waals surface area contributed by atoms with Crippen LogP contribution in [0.5, 0.6) is 0 Å². The van der Waals surface area contributed by atoms with Crippen LogP contribution in [0, 0.1) is 10.1 Å². The zero-order chi connectivity index (χ0) is 16.2. The van der Waals surface area contributed by atoms with Crippen molar-refractivity contribution < 1.29 is 4.92 Å². The summed E-state index contributed by atoms with van der Waals surface area (Å²) in [4.78, 5) is 16.1. The van der Waals surface area contributed by atoms with Gasteiger partial charge in [0.1, 0.15) is 0 Å². The van der Waals surface area contributed by atoms with Crippen molar-refractivity contribution in [1.82, 2.24) is 4.98 Å². The fourth-order valence-corrected chi connectivity index (χ4v) is 5.07. The normalized spacial score (nSPS) is 11.0. The Morgan fingerprint density at radius 1 is 1.13 bits per heavy atom. The summed E-state index contributed by atoms with van der Waals surface area (Å²) >= 11 is 10.8. The van der Waals surface area contributed by atoms with E-state index in [-0.39, 0.29) is 10.6 Å². The number of benzene rings is 2. The Hall–Kier alpha value is -1.28. The molecule has 0 N–H and O–H groups in total. The number of aromatic nitrogens is 1. The molecule has 0 aliphatic rings. The van der Waals surface area contributed by atoms with Gasteiger partial charge in [-0.25, -0.2) is 4.98 Å². The molecule has 0 radical (unpaired) electrons. The third-order valence-electron chi connectivity index (χ3n) is 2.95. The topological polar surface area (TPSA) is 56.0 Å². The van der Waals surface area contributed by atoms with Gasteiger partial charge in [-0.1, -0.05) is 23.4 Å². The zero-order valence-corrected chi connectivity index (χ0v) is 15.0. The Balaban J connectivity index is 1.56. The van der Waals surface area contributed by atoms with Gasteiger partial charge in [-0.05, 0) is 30.3 Å². The third kappa shape index (κ3) is 4.38. The van der Waals surface area contributed by atoms with Crippen LogP contribution < -0.4 is 0 Å². The van der Waals surface area contributed by atoms with Gasteiger partial charge in [0.25, 0.3) is 5.69 Å². The van der Waals surface area contributed by atoms with E-state index < -0.39 is 0 Å². The number of hydrogen-bond acceptors (Lipinski definition) is 6. The van der Waals surface area contributed by atoms with Gasteiger partial charge in [0.2, 0.25) is 0 Å². The molecule has 1 heterocycles. The molecular formula is C15H11ClN2O2S3. The maximum Gasteiger partial charge on any atom is 0.270 e. The molecule has 0 aliphatic heterocycles. The first-order valence-corrected chi connectivity index (χ1v) is 9.84. The number of halogens is 1. The summed E-state index contributed by atoms with van der Waals surface area (Å²) in [5, 5.41) is 11.5. The molecule has 0 saturated carbocycles. The molecule has 4 nitrogen and oxygen atoms in total. The summed E-state index contributed by atoms with van der Waals surface area (Å²) in [5.41, 5.74) is 0.921. The second-order valence-electron chi connectivity index (χ2n) is 4.54. The minimum Gasteiger partial charge on any atom is -0.258 e. The predicted octanol–water partition coefficient (Wildman–Crippen LogP) is 5.74. The van der Waals surface area contributed by atoms with Crippen LogP contribution in [0.2, 0.25) is 5.02 Å². The van der Waals surface area contributed by atoms with Crippen molar-refractivity contribution in [1.29, 1.82) is 0 Å². The lowest BCUT2D eigenvalue weighted by Gasteiger charge is -2.00. The fraction of sp³-hybridized carbons (Fsp3) is 0.133. The lowest BCUT2D eigenvalue weighted by atomic mass is 10.3. The summed E-state index contributed by atoms with van der Waals surface area (Å²) in [7, 11) is 0. The average molecular weight is 383 g/mol. The molecule has 3 rings (SSSR count). The maximum absolute atomic E-state index is 10.8. The minimum atomic E-state index is -0.380. The van der Waals surface area contributed by atoms with Gasteiger partial charge in [0, 0.05) is 33.6 Å². The number of nitro groups is 1. The summed E-state index contributed by atoms with van der Waals surface area (Å²) < 4.78 is 1.80. The van der Waals surface area contributed by atoms with Crippen LogP contribution in [0.15, 0.2) is 51.7 Å². The van der Waals surface area contributed by atoms with E-state index in [1.807, 2.05) is 24.3 Å². The average Bonchev–Trinajstić information content (AvgIpc) is 2.95. The number of non-ortho nitro benzene ring substituents is 1. The number of thioether (sulfide) groups is 2. The highest BCUT2D eigenvalue weighted by molar-refractivity contribution is 8.03. The number of rotatable bonds is 6. The predicted molar refractivity (Wildman–Crippen MR) is 99.2 cm³/mol. The molecule has 23 heavy (non-hydrogen) atoms. The van der Waals surface area contributed by atoms with Crippen LogP contribution in [-0.4, -0.2) is 21.4 Å². The molecule has 0 unspecified atom stereocenters. The van der Waals surface area contributed by atoms with E-state index >= 15 is 0 Å². The van der Waals surface area contributed by atoms with Crippen molar-refractivity contribution in [2.24, 2.45) is 0 Å². The summed E-state index contributed by atoms with van der Waals surface area (Å²) in [5.74, 6) is 1.89. The van der Waals surface area contributed by atoms with Crippen molar-refractivity contribution in [3.05, 3.63) is 57.6 Å². The summed E-state index contributed by atoms with van der Waals surface area (Å²) in [6.45, 7) is 0. The van der Waals surface area contributed by atoms with Crippen LogP contribution in [0.4, 0.5) is 5.69 Å². The molecule has 0 fully saturated rings. The molecule has 0 bridgehead atoms. The number of thiazole rings is 1. The van der Waals surface area contributed by atoms with Crippen LogP contribution in [0.3, 0.4) is 0 Å². The lowest BCUT2D eigenvalue weighted by Crippen LogP contribution is -1.86. The van der Waals surface area contributed by atoms with Gasteiger partial charge >= 0.3 is 0 Å². The van der Waals surface area contributed by atoms with Gasteiger partial charge in [-0.2, -0.15) is 0 Å². The minimum absolute atomic E-state index is 0.107. The quantitative estimate of drug-likeness (QED) is 0.235. The van der Waals surface area contributed by atoms with E-state index in [9.17, 15) is 10.1 Å². The van der Waals surface area contributed by atoms with Crippen LogP contribution in [-0.2, 0) is 0 Å². The highest BCUT2D eigenvalue weighted by Crippen LogP contribution is 2.32. The standard InChI is InChI=1S/C15H11ClN2O2S3/c16-10-1-4-12(5-2-10)21-7-8-22-15-17-13-6-3-11(18(19)20)9-14(13)23-15/h1-6,9H,7-8H2. The molecule has 0 saturated heterocycles. The Labute approximate surface area is 150 Å². The van der Waals surface area contributed by atoms with Crippen molar-refractivity contribution in [2.75, 3.05) is 11.5 Å². The fourth-order valence-electron chi connectivity index (χ4n) is 1.89. The maximum atomic E-state index is 10.8. The Morgan fingerprint density at radius 3 is 2.61 bits per heavy atom. The van der Waals surface area contributed by atoms with Crippen LogP contribution in [0.25, 0.3) is 10.2 Å². The molecular weight excluding hydrogens is 372 g/mol. The van der Waals surface area contributed by atoms with E-state index in [1.165, 1.54) is 22.3 Å². The van der Waals surface area contributed by atoms with E-state index in [4.69, 9.17) is 11.6 Å². The van der Waals surface area contributed by atoms with Crippen LogP contribution in [0.1, 0.15) is 0 Å². The van der Waals surface area contributed by atoms with Gasteiger partial charge in [0.15, 0.2) is 4.34 Å². The van der Waals surface area contributed by atoms with Gasteiger partial charge in [-0.15, -0.1) is 23.1 Å². The second-order valence-corrected chi connectivity index (χ2v) is 8.52. The third-order valence-corrected chi connectivity index (χ3v) is 6.64. The first-order chi connectivity index (χ1) is 11.1. The van der Waals surface area contributed by atoms with Crippen molar-refractivity contribution in [2.45, 2.75) is 9.24 Å². The van der Waals surface area contributed by atoms with E-state index in [1.54, 1.807) is 35.7 Å². The van der Waals surface area contributed by atoms with E-state index in [0.29, 0.717) is 0 Å². The van der Waals surface area contributed by atoms with Crippen molar-refractivity contribution in [3.8, 4) is 0 Å². The molecule has 1 aromatic heterocycles. The first kappa shape index (κ1) is 16.6. The monoisotopic (exact) mass is 382 g/mol. The summed E-state index contributed by atoms with van der Waals surface area (Å²) in [6.07, 6.45) is 0. The molecule has 0 atom stereocenters. The number of hydrogen-bond donors (Lipinski definition) is 0. The van der Waals surface area contributed by atoms with Gasteiger partial charge < -0.3 is 0 Å². The molecule has 0 aliphatic carbocycles. The van der Waals surface area contributed by atoms with Gasteiger partial charge in [0.05, 0.1) is 15.1 Å². The molecule has 2 aromatic carbocycles. The lowest BCUT2D eigenvalue weighted by molar-refractivity contribution is -0.384. The molecule has 3 aromatic rings. The molecule has 118 valence electrons. The Morgan fingerprint density at radius 2 is 1.87 bits per heavy atom. The number of nitro benzene ring substituents is 1. The second kappa shape index (κ2) is 7.53. The molecule has 0 amide bonds. The van der Waals surface area contributed by atoms with Gasteiger partial charge in [-0.3, -0.25) is 10.1 Å². The van der Waals surface area contributed by atoms with E-state index in [2.05, 4.69) is 4.98 Å². The molecule has 0 spiro atoms. The largest absolute Gasteiger partial charge is 0.270 e. The zero-order valence-electron chi connectivity index (χ0n) is 11.8. The highest BCUT2D eigenvalue weighted by atomic mass is 35.5. The Kier molecular flexibility index (Phi) is 5.42. The SMILES string of the molecule is O=[N+]([O-])c1ccc2nc(SCCSc3ccc(Cl)cc3)sc2c1. The number of fused-ring (bicyclic) bond motifs is 1.